The maximum atomic E-state index is 4.48. The molecule has 0 spiro atoms. The Kier molecular flexibility index (Phi) is 3.78. The molecule has 3 heteroatoms. The van der Waals surface area contributed by atoms with E-state index in [2.05, 4.69) is 34.7 Å². The van der Waals surface area contributed by atoms with Crippen LogP contribution in [-0.2, 0) is 0 Å². The fourth-order valence-corrected chi connectivity index (χ4v) is 2.26. The van der Waals surface area contributed by atoms with Crippen LogP contribution in [0, 0.1) is 13.8 Å². The molecule has 2 rings (SSSR count). The quantitative estimate of drug-likeness (QED) is 0.818. The molecule has 16 heavy (non-hydrogen) atoms. The van der Waals surface area contributed by atoms with Gasteiger partial charge in [-0.3, -0.25) is 0 Å². The summed E-state index contributed by atoms with van der Waals surface area (Å²) in [4.78, 5) is 4.48. The second-order valence-electron chi connectivity index (χ2n) is 4.70. The van der Waals surface area contributed by atoms with Gasteiger partial charge in [-0.15, -0.1) is 0 Å². The molecule has 1 fully saturated rings. The van der Waals surface area contributed by atoms with Crippen LogP contribution < -0.4 is 10.6 Å². The van der Waals surface area contributed by atoms with E-state index in [0.29, 0.717) is 6.04 Å². The van der Waals surface area contributed by atoms with Crippen LogP contribution >= 0.6 is 0 Å². The fraction of sp³-hybridized carbons (Fsp3) is 0.615. The lowest BCUT2D eigenvalue weighted by Gasteiger charge is -2.23. The molecule has 1 atom stereocenters. The highest BCUT2D eigenvalue weighted by Crippen LogP contribution is 2.11. The van der Waals surface area contributed by atoms with Crippen molar-refractivity contribution in [2.24, 2.45) is 0 Å². The van der Waals surface area contributed by atoms with E-state index >= 15 is 0 Å². The molecule has 1 saturated heterocycles. The molecule has 2 N–H and O–H groups in total. The van der Waals surface area contributed by atoms with Crippen molar-refractivity contribution in [3.63, 3.8) is 0 Å². The standard InChI is InChI=1S/C13H21N3/c1-10-7-11(2)16-13(8-10)15-9-12-5-3-4-6-14-12/h7-8,12,14H,3-6,9H2,1-2H3,(H,15,16). The minimum atomic E-state index is 0.608. The Morgan fingerprint density at radius 3 is 2.94 bits per heavy atom. The summed E-state index contributed by atoms with van der Waals surface area (Å²) in [5, 5.41) is 6.95. The molecule has 88 valence electrons. The van der Waals surface area contributed by atoms with Crippen molar-refractivity contribution in [2.75, 3.05) is 18.4 Å². The number of aryl methyl sites for hydroxylation is 2. The van der Waals surface area contributed by atoms with Crippen LogP contribution in [-0.4, -0.2) is 24.1 Å². The zero-order chi connectivity index (χ0) is 11.4. The first-order valence-electron chi connectivity index (χ1n) is 6.16. The van der Waals surface area contributed by atoms with E-state index in [1.165, 1.54) is 24.8 Å². The lowest BCUT2D eigenvalue weighted by molar-refractivity contribution is 0.414. The summed E-state index contributed by atoms with van der Waals surface area (Å²) in [6.45, 7) is 6.29. The summed E-state index contributed by atoms with van der Waals surface area (Å²) in [7, 11) is 0. The first-order valence-corrected chi connectivity index (χ1v) is 6.16. The van der Waals surface area contributed by atoms with Gasteiger partial charge in [0.1, 0.15) is 5.82 Å². The predicted molar refractivity (Wildman–Crippen MR) is 67.8 cm³/mol. The van der Waals surface area contributed by atoms with E-state index < -0.39 is 0 Å². The van der Waals surface area contributed by atoms with Gasteiger partial charge in [-0.1, -0.05) is 6.42 Å². The van der Waals surface area contributed by atoms with Crippen LogP contribution in [0.3, 0.4) is 0 Å². The average molecular weight is 219 g/mol. The van der Waals surface area contributed by atoms with Gasteiger partial charge >= 0.3 is 0 Å². The number of rotatable bonds is 3. The van der Waals surface area contributed by atoms with E-state index in [4.69, 9.17) is 0 Å². The third kappa shape index (κ3) is 3.20. The van der Waals surface area contributed by atoms with Crippen molar-refractivity contribution in [1.82, 2.24) is 10.3 Å². The molecule has 0 radical (unpaired) electrons. The predicted octanol–water partition coefficient (Wildman–Crippen LogP) is 2.25. The van der Waals surface area contributed by atoms with Gasteiger partial charge in [0.2, 0.25) is 0 Å². The Labute approximate surface area is 97.7 Å². The Hall–Kier alpha value is -1.09. The number of aromatic nitrogens is 1. The van der Waals surface area contributed by atoms with Gasteiger partial charge in [-0.2, -0.15) is 0 Å². The number of pyridine rings is 1. The van der Waals surface area contributed by atoms with Gasteiger partial charge < -0.3 is 10.6 Å². The van der Waals surface area contributed by atoms with Gasteiger partial charge in [-0.25, -0.2) is 4.98 Å². The number of anilines is 1. The topological polar surface area (TPSA) is 37.0 Å². The molecular weight excluding hydrogens is 198 g/mol. The lowest BCUT2D eigenvalue weighted by atomic mass is 10.1. The summed E-state index contributed by atoms with van der Waals surface area (Å²) >= 11 is 0. The SMILES string of the molecule is Cc1cc(C)nc(NCC2CCCCN2)c1. The maximum Gasteiger partial charge on any atom is 0.126 e. The summed E-state index contributed by atoms with van der Waals surface area (Å²) in [6.07, 6.45) is 3.94. The molecule has 1 aromatic heterocycles. The monoisotopic (exact) mass is 219 g/mol. The largest absolute Gasteiger partial charge is 0.368 e. The molecule has 2 heterocycles. The zero-order valence-electron chi connectivity index (χ0n) is 10.2. The molecular formula is C13H21N3. The second kappa shape index (κ2) is 5.30. The summed E-state index contributed by atoms with van der Waals surface area (Å²) in [5.41, 5.74) is 2.35. The molecule has 0 aliphatic carbocycles. The normalized spacial score (nSPS) is 20.8. The average Bonchev–Trinajstić information content (AvgIpc) is 2.27. The van der Waals surface area contributed by atoms with E-state index in [0.717, 1.165) is 24.6 Å². The summed E-state index contributed by atoms with van der Waals surface area (Å²) in [6, 6.07) is 4.82. The Morgan fingerprint density at radius 2 is 2.25 bits per heavy atom. The molecule has 0 amide bonds. The molecule has 1 aliphatic heterocycles. The van der Waals surface area contributed by atoms with E-state index in [1.54, 1.807) is 0 Å². The smallest absolute Gasteiger partial charge is 0.126 e. The zero-order valence-corrected chi connectivity index (χ0v) is 10.2. The molecule has 0 bridgehead atoms. The van der Waals surface area contributed by atoms with Gasteiger partial charge in [0, 0.05) is 18.3 Å². The van der Waals surface area contributed by atoms with Gasteiger partial charge in [-0.05, 0) is 50.9 Å². The highest BCUT2D eigenvalue weighted by Gasteiger charge is 2.11. The minimum Gasteiger partial charge on any atom is -0.368 e. The van der Waals surface area contributed by atoms with E-state index in [1.807, 2.05) is 6.92 Å². The van der Waals surface area contributed by atoms with Crippen LogP contribution in [0.25, 0.3) is 0 Å². The van der Waals surface area contributed by atoms with Crippen molar-refractivity contribution in [3.05, 3.63) is 23.4 Å². The van der Waals surface area contributed by atoms with E-state index in [9.17, 15) is 0 Å². The van der Waals surface area contributed by atoms with E-state index in [-0.39, 0.29) is 0 Å². The minimum absolute atomic E-state index is 0.608. The maximum absolute atomic E-state index is 4.48. The van der Waals surface area contributed by atoms with Gasteiger partial charge in [0.05, 0.1) is 0 Å². The Bertz CT molecular complexity index is 323. The van der Waals surface area contributed by atoms with Crippen LogP contribution in [0.4, 0.5) is 5.82 Å². The highest BCUT2D eigenvalue weighted by molar-refractivity contribution is 5.39. The third-order valence-electron chi connectivity index (χ3n) is 3.04. The highest BCUT2D eigenvalue weighted by atomic mass is 15.0. The first kappa shape index (κ1) is 11.4. The number of hydrogen-bond acceptors (Lipinski definition) is 3. The number of nitrogens with one attached hydrogen (secondary N) is 2. The number of hydrogen-bond donors (Lipinski definition) is 2. The molecule has 0 saturated carbocycles. The number of nitrogens with zero attached hydrogens (tertiary/aromatic N) is 1. The van der Waals surface area contributed by atoms with Crippen LogP contribution in [0.5, 0.6) is 0 Å². The van der Waals surface area contributed by atoms with Crippen LogP contribution in [0.1, 0.15) is 30.5 Å². The van der Waals surface area contributed by atoms with Crippen molar-refractivity contribution < 1.29 is 0 Å². The van der Waals surface area contributed by atoms with Crippen LogP contribution in [0.2, 0.25) is 0 Å². The molecule has 0 aromatic carbocycles. The van der Waals surface area contributed by atoms with Crippen molar-refractivity contribution in [2.45, 2.75) is 39.2 Å². The second-order valence-corrected chi connectivity index (χ2v) is 4.70. The Balaban J connectivity index is 1.88. The Morgan fingerprint density at radius 1 is 1.38 bits per heavy atom. The summed E-state index contributed by atoms with van der Waals surface area (Å²) in [5.74, 6) is 1.00. The van der Waals surface area contributed by atoms with Crippen molar-refractivity contribution in [3.8, 4) is 0 Å². The number of piperidine rings is 1. The van der Waals surface area contributed by atoms with Gasteiger partial charge in [0.15, 0.2) is 0 Å². The lowest BCUT2D eigenvalue weighted by Crippen LogP contribution is -2.39. The van der Waals surface area contributed by atoms with Crippen molar-refractivity contribution >= 4 is 5.82 Å². The molecule has 1 unspecified atom stereocenters. The van der Waals surface area contributed by atoms with Crippen molar-refractivity contribution in [1.29, 1.82) is 0 Å². The fourth-order valence-electron chi connectivity index (χ4n) is 2.26. The third-order valence-corrected chi connectivity index (χ3v) is 3.04. The summed E-state index contributed by atoms with van der Waals surface area (Å²) < 4.78 is 0. The van der Waals surface area contributed by atoms with Crippen LogP contribution in [0.15, 0.2) is 12.1 Å². The molecule has 1 aliphatic rings. The first-order chi connectivity index (χ1) is 7.74. The molecule has 1 aromatic rings. The molecule has 3 nitrogen and oxygen atoms in total. The van der Waals surface area contributed by atoms with Gasteiger partial charge in [0.25, 0.3) is 0 Å².